The zero-order chi connectivity index (χ0) is 14.7. The number of hydrogen-bond acceptors (Lipinski definition) is 4. The molecule has 2 aromatic rings. The number of rotatable bonds is 3. The Morgan fingerprint density at radius 1 is 1.29 bits per heavy atom. The third kappa shape index (κ3) is 3.50. The van der Waals surface area contributed by atoms with Crippen molar-refractivity contribution >= 4 is 34.4 Å². The number of anilines is 1. The van der Waals surface area contributed by atoms with Crippen LogP contribution >= 0.6 is 11.8 Å². The van der Waals surface area contributed by atoms with E-state index in [2.05, 4.69) is 9.97 Å². The predicted molar refractivity (Wildman–Crippen MR) is 86.3 cm³/mol. The molecule has 1 saturated heterocycles. The molecule has 1 aromatic heterocycles. The number of nitrogens with zero attached hydrogens (tertiary/aromatic N) is 2. The van der Waals surface area contributed by atoms with Crippen LogP contribution < -0.4 is 5.73 Å². The van der Waals surface area contributed by atoms with E-state index in [9.17, 15) is 4.79 Å². The summed E-state index contributed by atoms with van der Waals surface area (Å²) in [4.78, 5) is 21.9. The van der Waals surface area contributed by atoms with Crippen LogP contribution in [0.1, 0.15) is 25.7 Å². The van der Waals surface area contributed by atoms with Gasteiger partial charge in [-0.1, -0.05) is 24.6 Å². The molecule has 5 nitrogen and oxygen atoms in total. The number of H-pyrrole nitrogens is 1. The Labute approximate surface area is 128 Å². The van der Waals surface area contributed by atoms with Gasteiger partial charge in [0.15, 0.2) is 5.16 Å². The maximum absolute atomic E-state index is 12.2. The van der Waals surface area contributed by atoms with Crippen molar-refractivity contribution in [3.63, 3.8) is 0 Å². The molecule has 21 heavy (non-hydrogen) atoms. The lowest BCUT2D eigenvalue weighted by Gasteiger charge is -2.19. The number of nitrogens with one attached hydrogen (secondary N) is 1. The minimum atomic E-state index is 0.210. The van der Waals surface area contributed by atoms with E-state index >= 15 is 0 Å². The number of aromatic nitrogens is 2. The normalized spacial score (nSPS) is 16.1. The summed E-state index contributed by atoms with van der Waals surface area (Å²) in [6.07, 6.45) is 4.73. The minimum absolute atomic E-state index is 0.210. The largest absolute Gasteiger partial charge is 0.399 e. The Hall–Kier alpha value is -1.69. The molecular formula is C15H20N4OS. The number of amides is 1. The summed E-state index contributed by atoms with van der Waals surface area (Å²) in [7, 11) is 0. The van der Waals surface area contributed by atoms with Gasteiger partial charge in [0.2, 0.25) is 5.91 Å². The first-order chi connectivity index (χ1) is 10.2. The summed E-state index contributed by atoms with van der Waals surface area (Å²) >= 11 is 1.46. The van der Waals surface area contributed by atoms with Gasteiger partial charge < -0.3 is 15.6 Å². The topological polar surface area (TPSA) is 75.0 Å². The first-order valence-electron chi connectivity index (χ1n) is 7.38. The zero-order valence-electron chi connectivity index (χ0n) is 12.0. The first-order valence-corrected chi connectivity index (χ1v) is 8.37. The van der Waals surface area contributed by atoms with Crippen molar-refractivity contribution in [1.82, 2.24) is 14.9 Å². The molecule has 0 bridgehead atoms. The maximum Gasteiger partial charge on any atom is 0.233 e. The second-order valence-corrected chi connectivity index (χ2v) is 6.37. The molecule has 2 heterocycles. The standard InChI is InChI=1S/C15H20N4OS/c16-11-5-6-12-13(9-11)18-15(17-12)21-10-14(20)19-7-3-1-2-4-8-19/h5-6,9H,1-4,7-8,10,16H2,(H,17,18). The van der Waals surface area contributed by atoms with Crippen molar-refractivity contribution in [3.05, 3.63) is 18.2 Å². The number of hydrogen-bond donors (Lipinski definition) is 2. The van der Waals surface area contributed by atoms with Gasteiger partial charge in [-0.3, -0.25) is 4.79 Å². The third-order valence-corrected chi connectivity index (χ3v) is 4.63. The van der Waals surface area contributed by atoms with Gasteiger partial charge in [-0.15, -0.1) is 0 Å². The van der Waals surface area contributed by atoms with E-state index in [0.717, 1.165) is 42.1 Å². The number of carbonyl (C=O) groups excluding carboxylic acids is 1. The van der Waals surface area contributed by atoms with Crippen molar-refractivity contribution in [1.29, 1.82) is 0 Å². The molecule has 0 saturated carbocycles. The van der Waals surface area contributed by atoms with Crippen LogP contribution in [0, 0.1) is 0 Å². The lowest BCUT2D eigenvalue weighted by molar-refractivity contribution is -0.128. The van der Waals surface area contributed by atoms with Crippen molar-refractivity contribution in [2.75, 3.05) is 24.6 Å². The van der Waals surface area contributed by atoms with E-state index in [1.54, 1.807) is 0 Å². The van der Waals surface area contributed by atoms with Crippen LogP contribution in [0.5, 0.6) is 0 Å². The summed E-state index contributed by atoms with van der Waals surface area (Å²) in [6.45, 7) is 1.80. The molecule has 6 heteroatoms. The van der Waals surface area contributed by atoms with Crippen LogP contribution in [0.25, 0.3) is 11.0 Å². The Balaban J connectivity index is 1.61. The number of benzene rings is 1. The van der Waals surface area contributed by atoms with E-state index in [4.69, 9.17) is 5.73 Å². The number of nitrogen functional groups attached to an aromatic ring is 1. The molecule has 1 fully saturated rings. The fourth-order valence-corrected chi connectivity index (χ4v) is 3.40. The summed E-state index contributed by atoms with van der Waals surface area (Å²) in [5, 5.41) is 0.777. The molecular weight excluding hydrogens is 284 g/mol. The zero-order valence-corrected chi connectivity index (χ0v) is 12.8. The average molecular weight is 304 g/mol. The summed E-state index contributed by atoms with van der Waals surface area (Å²) in [5.41, 5.74) is 8.26. The number of imidazole rings is 1. The van der Waals surface area contributed by atoms with Gasteiger partial charge in [-0.25, -0.2) is 4.98 Å². The van der Waals surface area contributed by atoms with Crippen LogP contribution in [0.3, 0.4) is 0 Å². The molecule has 1 aromatic carbocycles. The third-order valence-electron chi connectivity index (χ3n) is 3.78. The molecule has 0 radical (unpaired) electrons. The van der Waals surface area contributed by atoms with Gasteiger partial charge in [0.05, 0.1) is 16.8 Å². The molecule has 1 aliphatic rings. The van der Waals surface area contributed by atoms with Crippen LogP contribution in [-0.4, -0.2) is 39.6 Å². The van der Waals surface area contributed by atoms with Gasteiger partial charge in [0, 0.05) is 18.8 Å². The van der Waals surface area contributed by atoms with E-state index in [-0.39, 0.29) is 5.91 Å². The molecule has 0 spiro atoms. The number of thioether (sulfide) groups is 1. The average Bonchev–Trinajstić information content (AvgIpc) is 2.69. The fraction of sp³-hybridized carbons (Fsp3) is 0.467. The van der Waals surface area contributed by atoms with Gasteiger partial charge in [-0.05, 0) is 31.0 Å². The number of fused-ring (bicyclic) bond motifs is 1. The second-order valence-electron chi connectivity index (χ2n) is 5.40. The monoisotopic (exact) mass is 304 g/mol. The second kappa shape index (κ2) is 6.39. The van der Waals surface area contributed by atoms with Gasteiger partial charge >= 0.3 is 0 Å². The van der Waals surface area contributed by atoms with E-state index in [1.807, 2.05) is 23.1 Å². The SMILES string of the molecule is Nc1ccc2nc(SCC(=O)N3CCCCCC3)[nH]c2c1. The summed E-state index contributed by atoms with van der Waals surface area (Å²) in [5.74, 6) is 0.650. The number of carbonyl (C=O) groups is 1. The Morgan fingerprint density at radius 2 is 2.05 bits per heavy atom. The van der Waals surface area contributed by atoms with Crippen molar-refractivity contribution in [3.8, 4) is 0 Å². The molecule has 112 valence electrons. The molecule has 0 aliphatic carbocycles. The molecule has 0 atom stereocenters. The fourth-order valence-electron chi connectivity index (χ4n) is 2.61. The van der Waals surface area contributed by atoms with Crippen molar-refractivity contribution in [2.45, 2.75) is 30.8 Å². The highest BCUT2D eigenvalue weighted by Gasteiger charge is 2.16. The van der Waals surface area contributed by atoms with Gasteiger partial charge in [0.1, 0.15) is 0 Å². The Morgan fingerprint density at radius 3 is 2.81 bits per heavy atom. The lowest BCUT2D eigenvalue weighted by Crippen LogP contribution is -2.33. The first kappa shape index (κ1) is 14.3. The molecule has 1 amide bonds. The predicted octanol–water partition coefficient (Wildman–Crippen LogP) is 2.64. The molecule has 3 rings (SSSR count). The Bertz CT molecular complexity index is 632. The van der Waals surface area contributed by atoms with Crippen LogP contribution in [0.4, 0.5) is 5.69 Å². The highest BCUT2D eigenvalue weighted by molar-refractivity contribution is 7.99. The number of likely N-dealkylation sites (tertiary alicyclic amines) is 1. The maximum atomic E-state index is 12.2. The highest BCUT2D eigenvalue weighted by atomic mass is 32.2. The van der Waals surface area contributed by atoms with Crippen LogP contribution in [0.2, 0.25) is 0 Å². The van der Waals surface area contributed by atoms with E-state index < -0.39 is 0 Å². The molecule has 1 aliphatic heterocycles. The van der Waals surface area contributed by atoms with Crippen LogP contribution in [0.15, 0.2) is 23.4 Å². The number of nitrogens with two attached hydrogens (primary N) is 1. The molecule has 0 unspecified atom stereocenters. The van der Waals surface area contributed by atoms with Gasteiger partial charge in [0.25, 0.3) is 0 Å². The van der Waals surface area contributed by atoms with E-state index in [1.165, 1.54) is 24.6 Å². The van der Waals surface area contributed by atoms with Crippen molar-refractivity contribution < 1.29 is 4.79 Å². The van der Waals surface area contributed by atoms with Gasteiger partial charge in [-0.2, -0.15) is 0 Å². The minimum Gasteiger partial charge on any atom is -0.399 e. The number of aromatic amines is 1. The van der Waals surface area contributed by atoms with E-state index in [0.29, 0.717) is 11.4 Å². The summed E-state index contributed by atoms with van der Waals surface area (Å²) in [6, 6.07) is 5.59. The lowest BCUT2D eigenvalue weighted by atomic mass is 10.2. The van der Waals surface area contributed by atoms with Crippen LogP contribution in [-0.2, 0) is 4.79 Å². The highest BCUT2D eigenvalue weighted by Crippen LogP contribution is 2.22. The quantitative estimate of drug-likeness (QED) is 0.675. The smallest absolute Gasteiger partial charge is 0.233 e. The molecule has 3 N–H and O–H groups in total. The Kier molecular flexibility index (Phi) is 4.34. The summed E-state index contributed by atoms with van der Waals surface area (Å²) < 4.78 is 0. The van der Waals surface area contributed by atoms with Crippen molar-refractivity contribution in [2.24, 2.45) is 0 Å².